The van der Waals surface area contributed by atoms with E-state index >= 15 is 0 Å². The largest absolute Gasteiger partial charge is 0.463 e. The van der Waals surface area contributed by atoms with E-state index in [2.05, 4.69) is 15.3 Å². The lowest BCUT2D eigenvalue weighted by Crippen LogP contribution is -2.21. The first-order chi connectivity index (χ1) is 12.0. The number of halogens is 1. The maximum atomic E-state index is 14.9. The van der Waals surface area contributed by atoms with Gasteiger partial charge in [-0.05, 0) is 43.9 Å². The number of aromatic amines is 1. The molecule has 1 unspecified atom stereocenters. The van der Waals surface area contributed by atoms with E-state index < -0.39 is 0 Å². The van der Waals surface area contributed by atoms with Crippen molar-refractivity contribution in [3.05, 3.63) is 28.8 Å². The molecule has 0 saturated heterocycles. The van der Waals surface area contributed by atoms with Gasteiger partial charge in [0.15, 0.2) is 5.82 Å². The zero-order valence-corrected chi connectivity index (χ0v) is 14.8. The number of aromatic nitrogens is 2. The van der Waals surface area contributed by atoms with E-state index in [0.29, 0.717) is 55.0 Å². The Hall–Kier alpha value is -1.99. The Morgan fingerprint density at radius 2 is 2.28 bits per heavy atom. The van der Waals surface area contributed by atoms with Crippen molar-refractivity contribution in [2.24, 2.45) is 5.92 Å². The maximum Gasteiger partial charge on any atom is 0.309 e. The molecule has 0 amide bonds. The Balaban J connectivity index is 1.76. The molecular weight excluding hydrogens is 325 g/mol. The van der Waals surface area contributed by atoms with Crippen LogP contribution in [0, 0.1) is 11.7 Å². The Labute approximate surface area is 146 Å². The van der Waals surface area contributed by atoms with Crippen molar-refractivity contribution >= 4 is 17.0 Å². The molecule has 0 bridgehead atoms. The molecule has 1 aliphatic carbocycles. The molecule has 0 spiro atoms. The Bertz CT molecular complexity index is 773. The summed E-state index contributed by atoms with van der Waals surface area (Å²) in [6.07, 6.45) is 0.719. The molecule has 1 aliphatic rings. The fourth-order valence-corrected chi connectivity index (χ4v) is 3.20. The second kappa shape index (κ2) is 7.49. The van der Waals surface area contributed by atoms with Crippen LogP contribution in [-0.2, 0) is 33.7 Å². The summed E-state index contributed by atoms with van der Waals surface area (Å²) in [7, 11) is 1.64. The van der Waals surface area contributed by atoms with Crippen molar-refractivity contribution in [3.63, 3.8) is 0 Å². The van der Waals surface area contributed by atoms with Crippen LogP contribution in [-0.4, -0.2) is 42.3 Å². The summed E-state index contributed by atoms with van der Waals surface area (Å²) in [5, 5.41) is 3.18. The Morgan fingerprint density at radius 1 is 1.48 bits per heavy atom. The van der Waals surface area contributed by atoms with E-state index in [1.165, 1.54) is 0 Å². The third-order valence-electron chi connectivity index (χ3n) is 4.34. The highest BCUT2D eigenvalue weighted by Crippen LogP contribution is 2.33. The molecule has 0 aliphatic heterocycles. The highest BCUT2D eigenvalue weighted by Gasteiger charge is 2.32. The smallest absolute Gasteiger partial charge is 0.309 e. The van der Waals surface area contributed by atoms with E-state index in [1.54, 1.807) is 7.11 Å². The van der Waals surface area contributed by atoms with Gasteiger partial charge < -0.3 is 19.8 Å². The molecule has 0 radical (unpaired) electrons. The number of ether oxygens (including phenoxy) is 2. The maximum absolute atomic E-state index is 14.9. The third kappa shape index (κ3) is 3.82. The third-order valence-corrected chi connectivity index (χ3v) is 4.34. The lowest BCUT2D eigenvalue weighted by molar-refractivity contribution is -0.152. The number of carbonyl (C=O) groups excluding carboxylic acids is 1. The van der Waals surface area contributed by atoms with Crippen molar-refractivity contribution in [2.75, 3.05) is 20.3 Å². The van der Waals surface area contributed by atoms with Gasteiger partial charge in [-0.3, -0.25) is 4.79 Å². The van der Waals surface area contributed by atoms with Crippen LogP contribution in [0.4, 0.5) is 4.39 Å². The Morgan fingerprint density at radius 3 is 3.00 bits per heavy atom. The number of methoxy groups -OCH3 is 1. The van der Waals surface area contributed by atoms with Crippen molar-refractivity contribution in [2.45, 2.75) is 39.3 Å². The highest BCUT2D eigenvalue weighted by atomic mass is 19.1. The van der Waals surface area contributed by atoms with Gasteiger partial charge in [0.2, 0.25) is 0 Å². The predicted molar refractivity (Wildman–Crippen MR) is 91.8 cm³/mol. The molecule has 1 aromatic carbocycles. The molecular formula is C18H24FN3O3. The summed E-state index contributed by atoms with van der Waals surface area (Å²) in [4.78, 5) is 19.6. The lowest BCUT2D eigenvalue weighted by atomic mass is 10.1. The molecule has 1 heterocycles. The van der Waals surface area contributed by atoms with Gasteiger partial charge >= 0.3 is 5.97 Å². The van der Waals surface area contributed by atoms with Gasteiger partial charge in [-0.2, -0.15) is 0 Å². The zero-order chi connectivity index (χ0) is 18.0. The van der Waals surface area contributed by atoms with Gasteiger partial charge in [-0.25, -0.2) is 9.37 Å². The fraction of sp³-hybridized carbons (Fsp3) is 0.556. The summed E-state index contributed by atoms with van der Waals surface area (Å²) < 4.78 is 25.1. The molecule has 0 saturated carbocycles. The SMILES string of the molecule is COCCNCc1nc2c(F)c3c(cc2[nH]1)CC(C(=O)OC(C)C)C3. The average Bonchev–Trinajstić information content (AvgIpc) is 3.15. The van der Waals surface area contributed by atoms with Crippen molar-refractivity contribution in [1.29, 1.82) is 0 Å². The van der Waals surface area contributed by atoms with Crippen LogP contribution in [0.15, 0.2) is 6.07 Å². The van der Waals surface area contributed by atoms with Gasteiger partial charge in [0.25, 0.3) is 0 Å². The van der Waals surface area contributed by atoms with E-state index in [-0.39, 0.29) is 23.8 Å². The van der Waals surface area contributed by atoms with Gasteiger partial charge in [0.05, 0.1) is 30.7 Å². The molecule has 2 N–H and O–H groups in total. The number of carbonyl (C=O) groups is 1. The van der Waals surface area contributed by atoms with Gasteiger partial charge in [-0.15, -0.1) is 0 Å². The molecule has 1 atom stereocenters. The average molecular weight is 349 g/mol. The summed E-state index contributed by atoms with van der Waals surface area (Å²) in [5.74, 6) is -0.213. The summed E-state index contributed by atoms with van der Waals surface area (Å²) in [6, 6.07) is 1.90. The standard InChI is InChI=1S/C18H24FN3O3/c1-10(2)25-18(23)12-6-11-8-14-17(16(19)13(11)7-12)22-15(21-14)9-20-4-5-24-3/h8,10,12,20H,4-7,9H2,1-3H3,(H,21,22). The van der Waals surface area contributed by atoms with E-state index in [0.717, 1.165) is 5.56 Å². The summed E-state index contributed by atoms with van der Waals surface area (Å²) in [6.45, 7) is 5.46. The second-order valence-electron chi connectivity index (χ2n) is 6.67. The number of fused-ring (bicyclic) bond motifs is 2. The van der Waals surface area contributed by atoms with Crippen LogP contribution in [0.5, 0.6) is 0 Å². The van der Waals surface area contributed by atoms with Gasteiger partial charge in [0, 0.05) is 13.7 Å². The fourth-order valence-electron chi connectivity index (χ4n) is 3.20. The molecule has 7 heteroatoms. The summed E-state index contributed by atoms with van der Waals surface area (Å²) in [5.41, 5.74) is 2.44. The number of nitrogens with zero attached hydrogens (tertiary/aromatic N) is 1. The molecule has 3 rings (SSSR count). The monoisotopic (exact) mass is 349 g/mol. The number of imidazole rings is 1. The number of H-pyrrole nitrogens is 1. The van der Waals surface area contributed by atoms with Crippen LogP contribution >= 0.6 is 0 Å². The Kier molecular flexibility index (Phi) is 5.34. The molecule has 0 fully saturated rings. The minimum Gasteiger partial charge on any atom is -0.463 e. The van der Waals surface area contributed by atoms with E-state index in [4.69, 9.17) is 9.47 Å². The molecule has 2 aromatic rings. The molecule has 136 valence electrons. The molecule has 25 heavy (non-hydrogen) atoms. The molecule has 6 nitrogen and oxygen atoms in total. The number of hydrogen-bond donors (Lipinski definition) is 2. The first-order valence-electron chi connectivity index (χ1n) is 8.58. The minimum atomic E-state index is -0.327. The normalized spacial score (nSPS) is 16.6. The van der Waals surface area contributed by atoms with Gasteiger partial charge in [-0.1, -0.05) is 0 Å². The van der Waals surface area contributed by atoms with E-state index in [9.17, 15) is 9.18 Å². The van der Waals surface area contributed by atoms with Crippen LogP contribution < -0.4 is 5.32 Å². The number of nitrogens with one attached hydrogen (secondary N) is 2. The van der Waals surface area contributed by atoms with Crippen molar-refractivity contribution in [1.82, 2.24) is 15.3 Å². The minimum absolute atomic E-state index is 0.162. The van der Waals surface area contributed by atoms with Gasteiger partial charge in [0.1, 0.15) is 11.3 Å². The van der Waals surface area contributed by atoms with Crippen molar-refractivity contribution in [3.8, 4) is 0 Å². The van der Waals surface area contributed by atoms with Crippen LogP contribution in [0.1, 0.15) is 30.8 Å². The predicted octanol–water partition coefficient (Wildman–Crippen LogP) is 2.10. The van der Waals surface area contributed by atoms with Crippen LogP contribution in [0.25, 0.3) is 11.0 Å². The highest BCUT2D eigenvalue weighted by molar-refractivity contribution is 5.81. The first kappa shape index (κ1) is 17.8. The number of esters is 1. The van der Waals surface area contributed by atoms with Crippen LogP contribution in [0.2, 0.25) is 0 Å². The topological polar surface area (TPSA) is 76.2 Å². The quantitative estimate of drug-likeness (QED) is 0.591. The van der Waals surface area contributed by atoms with E-state index in [1.807, 2.05) is 19.9 Å². The number of rotatable bonds is 7. The summed E-state index contributed by atoms with van der Waals surface area (Å²) >= 11 is 0. The molecule has 1 aromatic heterocycles. The lowest BCUT2D eigenvalue weighted by Gasteiger charge is -2.12. The van der Waals surface area contributed by atoms with Crippen LogP contribution in [0.3, 0.4) is 0 Å². The second-order valence-corrected chi connectivity index (χ2v) is 6.67. The number of hydrogen-bond acceptors (Lipinski definition) is 5. The zero-order valence-electron chi connectivity index (χ0n) is 14.8. The number of benzene rings is 1. The van der Waals surface area contributed by atoms with Crippen molar-refractivity contribution < 1.29 is 18.7 Å². The first-order valence-corrected chi connectivity index (χ1v) is 8.58.